The molecule has 0 amide bonds. The van der Waals surface area contributed by atoms with E-state index in [1.54, 1.807) is 11.8 Å². The van der Waals surface area contributed by atoms with Crippen LogP contribution in [0.5, 0.6) is 0 Å². The summed E-state index contributed by atoms with van der Waals surface area (Å²) >= 11 is 1.54. The number of rotatable bonds is 2. The zero-order valence-corrected chi connectivity index (χ0v) is 10.5. The van der Waals surface area contributed by atoms with Gasteiger partial charge in [0.2, 0.25) is 0 Å². The molecule has 0 atom stereocenters. The standard InChI is InChI=1S/C14H14N2S/c1-17-14(15)16(12-8-4-2-5-9-12)13-10-6-3-7-11-13/h2-11,15H,1H3/p+1. The molecule has 0 heterocycles. The first-order valence-electron chi connectivity index (χ1n) is 5.39. The number of hydrogen-bond acceptors (Lipinski definition) is 1. The van der Waals surface area contributed by atoms with Crippen LogP contribution in [-0.2, 0) is 0 Å². The molecule has 0 radical (unpaired) electrons. The molecule has 86 valence electrons. The molecule has 0 spiro atoms. The normalized spacial score (nSPS) is 9.94. The average molecular weight is 243 g/mol. The Kier molecular flexibility index (Phi) is 3.83. The van der Waals surface area contributed by atoms with Crippen molar-refractivity contribution in [2.75, 3.05) is 6.26 Å². The summed E-state index contributed by atoms with van der Waals surface area (Å²) in [7, 11) is 0. The Hall–Kier alpha value is -1.74. The first kappa shape index (κ1) is 11.7. The molecule has 0 saturated carbocycles. The van der Waals surface area contributed by atoms with Crippen LogP contribution < -0.4 is 10.3 Å². The number of nitrogens with two attached hydrogens (primary N) is 1. The molecular weight excluding hydrogens is 228 g/mol. The molecule has 3 heteroatoms. The van der Waals surface area contributed by atoms with Crippen molar-refractivity contribution < 1.29 is 0 Å². The Bertz CT molecular complexity index is 465. The lowest BCUT2D eigenvalue weighted by Gasteiger charge is -2.08. The van der Waals surface area contributed by atoms with E-state index in [9.17, 15) is 0 Å². The molecule has 0 aliphatic rings. The third-order valence-electron chi connectivity index (χ3n) is 2.46. The van der Waals surface area contributed by atoms with Crippen LogP contribution >= 0.6 is 11.8 Å². The van der Waals surface area contributed by atoms with Gasteiger partial charge in [-0.05, 0) is 42.3 Å². The monoisotopic (exact) mass is 243 g/mol. The van der Waals surface area contributed by atoms with Gasteiger partial charge in [0.25, 0.3) is 0 Å². The molecule has 0 aromatic heterocycles. The van der Waals surface area contributed by atoms with Crippen molar-refractivity contribution in [2.45, 2.75) is 0 Å². The van der Waals surface area contributed by atoms with Gasteiger partial charge < -0.3 is 0 Å². The van der Waals surface area contributed by atoms with Crippen LogP contribution in [-0.4, -0.2) is 11.4 Å². The van der Waals surface area contributed by atoms with Crippen molar-refractivity contribution in [1.29, 1.82) is 0 Å². The SMILES string of the molecule is CSC(N)=[N+](c1ccccc1)c1ccccc1. The van der Waals surface area contributed by atoms with Gasteiger partial charge in [0.05, 0.1) is 0 Å². The summed E-state index contributed by atoms with van der Waals surface area (Å²) in [5.74, 6) is 0. The van der Waals surface area contributed by atoms with Crippen LogP contribution in [0.15, 0.2) is 60.7 Å². The second kappa shape index (κ2) is 5.55. The van der Waals surface area contributed by atoms with Crippen LogP contribution in [0.1, 0.15) is 0 Å². The van der Waals surface area contributed by atoms with Crippen LogP contribution in [0, 0.1) is 0 Å². The van der Waals surface area contributed by atoms with Gasteiger partial charge in [-0.15, -0.1) is 0 Å². The van der Waals surface area contributed by atoms with Crippen LogP contribution in [0.4, 0.5) is 11.4 Å². The van der Waals surface area contributed by atoms with Gasteiger partial charge >= 0.3 is 5.17 Å². The van der Waals surface area contributed by atoms with E-state index in [1.165, 1.54) is 0 Å². The topological polar surface area (TPSA) is 29.0 Å². The largest absolute Gasteiger partial charge is 0.314 e. The van der Waals surface area contributed by atoms with E-state index in [0.29, 0.717) is 0 Å². The second-order valence-electron chi connectivity index (χ2n) is 3.55. The van der Waals surface area contributed by atoms with E-state index in [2.05, 4.69) is 24.3 Å². The molecule has 0 fully saturated rings. The summed E-state index contributed by atoms with van der Waals surface area (Å²) < 4.78 is 2.05. The van der Waals surface area contributed by atoms with E-state index in [4.69, 9.17) is 5.73 Å². The van der Waals surface area contributed by atoms with Crippen LogP contribution in [0.3, 0.4) is 0 Å². The van der Waals surface area contributed by atoms with Crippen molar-refractivity contribution >= 4 is 28.3 Å². The molecular formula is C14H15N2S+. The third-order valence-corrected chi connectivity index (χ3v) is 3.06. The molecule has 0 aliphatic heterocycles. The van der Waals surface area contributed by atoms with Gasteiger partial charge in [0.15, 0.2) is 0 Å². The van der Waals surface area contributed by atoms with Crippen molar-refractivity contribution in [1.82, 2.24) is 4.58 Å². The number of thioether (sulfide) groups is 1. The average Bonchev–Trinajstić information content (AvgIpc) is 2.41. The number of para-hydroxylation sites is 2. The lowest BCUT2D eigenvalue weighted by molar-refractivity contribution is 1.08. The zero-order chi connectivity index (χ0) is 12.1. The fourth-order valence-electron chi connectivity index (χ4n) is 1.65. The quantitative estimate of drug-likeness (QED) is 0.498. The summed E-state index contributed by atoms with van der Waals surface area (Å²) in [5, 5.41) is 0.766. The number of amidine groups is 1. The lowest BCUT2D eigenvalue weighted by atomic mass is 10.2. The minimum absolute atomic E-state index is 0.766. The fourth-order valence-corrected chi connectivity index (χ4v) is 2.04. The van der Waals surface area contributed by atoms with Crippen molar-refractivity contribution in [3.63, 3.8) is 0 Å². The number of nitrogens with zero attached hydrogens (tertiary/aromatic N) is 1. The minimum Gasteiger partial charge on any atom is -0.281 e. The van der Waals surface area contributed by atoms with E-state index >= 15 is 0 Å². The summed E-state index contributed by atoms with van der Waals surface area (Å²) in [5.41, 5.74) is 8.24. The Morgan fingerprint density at radius 1 is 0.882 bits per heavy atom. The Morgan fingerprint density at radius 2 is 1.29 bits per heavy atom. The van der Waals surface area contributed by atoms with Gasteiger partial charge in [-0.2, -0.15) is 4.58 Å². The van der Waals surface area contributed by atoms with E-state index in [-0.39, 0.29) is 0 Å². The molecule has 0 unspecified atom stereocenters. The summed E-state index contributed by atoms with van der Waals surface area (Å²) in [6.07, 6.45) is 1.98. The van der Waals surface area contributed by atoms with Crippen molar-refractivity contribution in [3.8, 4) is 0 Å². The smallest absolute Gasteiger partial charge is 0.281 e. The highest BCUT2D eigenvalue weighted by molar-refractivity contribution is 8.13. The zero-order valence-electron chi connectivity index (χ0n) is 9.71. The maximum Gasteiger partial charge on any atom is 0.314 e. The Balaban J connectivity index is 2.56. The highest BCUT2D eigenvalue weighted by atomic mass is 32.2. The molecule has 0 aliphatic carbocycles. The second-order valence-corrected chi connectivity index (χ2v) is 4.38. The van der Waals surface area contributed by atoms with Crippen LogP contribution in [0.2, 0.25) is 0 Å². The Labute approximate surface area is 106 Å². The first-order valence-corrected chi connectivity index (χ1v) is 6.62. The van der Waals surface area contributed by atoms with Gasteiger partial charge in [-0.1, -0.05) is 36.4 Å². The van der Waals surface area contributed by atoms with Crippen LogP contribution in [0.25, 0.3) is 0 Å². The maximum absolute atomic E-state index is 6.09. The molecule has 2 N–H and O–H groups in total. The molecule has 0 bridgehead atoms. The predicted octanol–water partition coefficient (Wildman–Crippen LogP) is 3.20. The van der Waals surface area contributed by atoms with Gasteiger partial charge in [0, 0.05) is 0 Å². The fraction of sp³-hybridized carbons (Fsp3) is 0.0714. The van der Waals surface area contributed by atoms with Crippen molar-refractivity contribution in [2.24, 2.45) is 5.73 Å². The summed E-state index contributed by atoms with van der Waals surface area (Å²) in [6.45, 7) is 0. The first-order chi connectivity index (χ1) is 8.33. The lowest BCUT2D eigenvalue weighted by Crippen LogP contribution is -2.21. The van der Waals surface area contributed by atoms with E-state index in [1.807, 2.05) is 47.2 Å². The number of benzene rings is 2. The third kappa shape index (κ3) is 2.68. The molecule has 17 heavy (non-hydrogen) atoms. The highest BCUT2D eigenvalue weighted by Crippen LogP contribution is 2.20. The van der Waals surface area contributed by atoms with Gasteiger partial charge in [0.1, 0.15) is 11.4 Å². The maximum atomic E-state index is 6.09. The summed E-state index contributed by atoms with van der Waals surface area (Å²) in [6, 6.07) is 20.3. The van der Waals surface area contributed by atoms with Gasteiger partial charge in [-0.25, -0.2) is 0 Å². The van der Waals surface area contributed by atoms with E-state index in [0.717, 1.165) is 16.5 Å². The summed E-state index contributed by atoms with van der Waals surface area (Å²) in [4.78, 5) is 0. The molecule has 2 rings (SSSR count). The molecule has 2 nitrogen and oxygen atoms in total. The molecule has 2 aromatic rings. The molecule has 2 aromatic carbocycles. The van der Waals surface area contributed by atoms with Gasteiger partial charge in [-0.3, -0.25) is 5.73 Å². The number of hydrogen-bond donors (Lipinski definition) is 1. The Morgan fingerprint density at radius 3 is 1.65 bits per heavy atom. The predicted molar refractivity (Wildman–Crippen MR) is 77.0 cm³/mol. The highest BCUT2D eigenvalue weighted by Gasteiger charge is 2.12. The van der Waals surface area contributed by atoms with E-state index < -0.39 is 0 Å². The van der Waals surface area contributed by atoms with Crippen molar-refractivity contribution in [3.05, 3.63) is 60.7 Å². The minimum atomic E-state index is 0.766. The molecule has 0 saturated heterocycles.